The van der Waals surface area contributed by atoms with Gasteiger partial charge in [-0.05, 0) is 23.8 Å². The SMILES string of the molecule is O=C(Nc1cnn(Cc2ccccc2)c1)c1ccc(Cn2cccn2)o1. The molecule has 0 aliphatic carbocycles. The van der Waals surface area contributed by atoms with Crippen molar-refractivity contribution in [1.82, 2.24) is 19.6 Å². The van der Waals surface area contributed by atoms with Crippen LogP contribution in [-0.4, -0.2) is 25.5 Å². The number of anilines is 1. The van der Waals surface area contributed by atoms with Crippen LogP contribution in [0.1, 0.15) is 21.9 Å². The van der Waals surface area contributed by atoms with Gasteiger partial charge in [-0.15, -0.1) is 0 Å². The fraction of sp³-hybridized carbons (Fsp3) is 0.105. The van der Waals surface area contributed by atoms with Gasteiger partial charge >= 0.3 is 0 Å². The number of nitrogens with one attached hydrogen (secondary N) is 1. The van der Waals surface area contributed by atoms with Gasteiger partial charge in [0.2, 0.25) is 0 Å². The van der Waals surface area contributed by atoms with Crippen LogP contribution in [0.5, 0.6) is 0 Å². The van der Waals surface area contributed by atoms with Gasteiger partial charge in [-0.2, -0.15) is 10.2 Å². The van der Waals surface area contributed by atoms with Gasteiger partial charge in [0.1, 0.15) is 5.76 Å². The number of aromatic nitrogens is 4. The fourth-order valence-electron chi connectivity index (χ4n) is 2.62. The predicted molar refractivity (Wildman–Crippen MR) is 95.8 cm³/mol. The van der Waals surface area contributed by atoms with E-state index in [1.807, 2.05) is 42.6 Å². The molecule has 3 heterocycles. The van der Waals surface area contributed by atoms with Gasteiger partial charge in [-0.25, -0.2) is 0 Å². The number of carbonyl (C=O) groups is 1. The molecule has 4 aromatic rings. The van der Waals surface area contributed by atoms with Crippen molar-refractivity contribution >= 4 is 11.6 Å². The largest absolute Gasteiger partial charge is 0.454 e. The summed E-state index contributed by atoms with van der Waals surface area (Å²) in [6, 6.07) is 15.3. The first-order chi connectivity index (χ1) is 12.8. The Bertz CT molecular complexity index is 986. The smallest absolute Gasteiger partial charge is 0.291 e. The van der Waals surface area contributed by atoms with Gasteiger partial charge in [0.05, 0.1) is 25.0 Å². The van der Waals surface area contributed by atoms with E-state index in [-0.39, 0.29) is 11.7 Å². The van der Waals surface area contributed by atoms with Gasteiger partial charge in [0.25, 0.3) is 5.91 Å². The van der Waals surface area contributed by atoms with E-state index in [2.05, 4.69) is 15.5 Å². The number of amides is 1. The Labute approximate surface area is 149 Å². The molecule has 7 heteroatoms. The van der Waals surface area contributed by atoms with Crippen molar-refractivity contribution in [3.05, 3.63) is 90.4 Å². The summed E-state index contributed by atoms with van der Waals surface area (Å²) in [7, 11) is 0. The molecule has 0 atom stereocenters. The summed E-state index contributed by atoms with van der Waals surface area (Å²) >= 11 is 0. The second-order valence-electron chi connectivity index (χ2n) is 5.84. The molecule has 0 aliphatic heterocycles. The number of rotatable bonds is 6. The van der Waals surface area contributed by atoms with Crippen LogP contribution in [0.15, 0.2) is 77.7 Å². The Morgan fingerprint density at radius 3 is 2.69 bits per heavy atom. The highest BCUT2D eigenvalue weighted by atomic mass is 16.4. The summed E-state index contributed by atoms with van der Waals surface area (Å²) in [5.41, 5.74) is 1.76. The molecule has 0 unspecified atom stereocenters. The first-order valence-corrected chi connectivity index (χ1v) is 8.20. The van der Waals surface area contributed by atoms with Gasteiger partial charge < -0.3 is 9.73 Å². The van der Waals surface area contributed by atoms with Crippen molar-refractivity contribution in [3.8, 4) is 0 Å². The van der Waals surface area contributed by atoms with Gasteiger partial charge in [-0.3, -0.25) is 14.2 Å². The van der Waals surface area contributed by atoms with E-state index in [0.717, 1.165) is 5.56 Å². The first kappa shape index (κ1) is 15.9. The van der Waals surface area contributed by atoms with E-state index in [9.17, 15) is 4.79 Å². The lowest BCUT2D eigenvalue weighted by Gasteiger charge is -2.01. The first-order valence-electron chi connectivity index (χ1n) is 8.20. The van der Waals surface area contributed by atoms with Crippen molar-refractivity contribution in [2.45, 2.75) is 13.1 Å². The molecule has 26 heavy (non-hydrogen) atoms. The Morgan fingerprint density at radius 1 is 1.00 bits per heavy atom. The van der Waals surface area contributed by atoms with Crippen molar-refractivity contribution in [2.75, 3.05) is 5.32 Å². The molecular formula is C19H17N5O2. The minimum Gasteiger partial charge on any atom is -0.454 e. The molecule has 0 radical (unpaired) electrons. The molecule has 1 amide bonds. The molecule has 0 saturated heterocycles. The molecule has 1 aromatic carbocycles. The van der Waals surface area contributed by atoms with Crippen molar-refractivity contribution in [2.24, 2.45) is 0 Å². The standard InChI is InChI=1S/C19H17N5O2/c25-19(18-8-7-17(26-18)14-23-10-4-9-20-23)22-16-11-21-24(13-16)12-15-5-2-1-3-6-15/h1-11,13H,12,14H2,(H,22,25). The molecule has 0 aliphatic rings. The molecule has 0 spiro atoms. The summed E-state index contributed by atoms with van der Waals surface area (Å²) in [6.45, 7) is 1.13. The summed E-state index contributed by atoms with van der Waals surface area (Å²) in [4.78, 5) is 12.3. The number of hydrogen-bond donors (Lipinski definition) is 1. The van der Waals surface area contributed by atoms with E-state index >= 15 is 0 Å². The lowest BCUT2D eigenvalue weighted by molar-refractivity contribution is 0.0994. The van der Waals surface area contributed by atoms with Crippen LogP contribution >= 0.6 is 0 Å². The van der Waals surface area contributed by atoms with E-state index in [1.54, 1.807) is 40.1 Å². The highest BCUT2D eigenvalue weighted by Gasteiger charge is 2.13. The van der Waals surface area contributed by atoms with Gasteiger partial charge in [0.15, 0.2) is 5.76 Å². The topological polar surface area (TPSA) is 77.9 Å². The van der Waals surface area contributed by atoms with Crippen LogP contribution in [0.4, 0.5) is 5.69 Å². The number of hydrogen-bond acceptors (Lipinski definition) is 4. The molecule has 0 saturated carbocycles. The lowest BCUT2D eigenvalue weighted by Crippen LogP contribution is -2.10. The van der Waals surface area contributed by atoms with E-state index in [1.165, 1.54) is 0 Å². The zero-order chi connectivity index (χ0) is 17.8. The van der Waals surface area contributed by atoms with Crippen molar-refractivity contribution in [3.63, 3.8) is 0 Å². The zero-order valence-electron chi connectivity index (χ0n) is 13.9. The maximum atomic E-state index is 12.3. The quantitative estimate of drug-likeness (QED) is 0.581. The fourth-order valence-corrected chi connectivity index (χ4v) is 2.62. The average Bonchev–Trinajstić information content (AvgIpc) is 3.39. The Hall–Kier alpha value is -3.61. The minimum atomic E-state index is -0.309. The zero-order valence-corrected chi connectivity index (χ0v) is 13.9. The molecule has 130 valence electrons. The van der Waals surface area contributed by atoms with Crippen LogP contribution in [0.25, 0.3) is 0 Å². The monoisotopic (exact) mass is 347 g/mol. The second kappa shape index (κ2) is 7.10. The Morgan fingerprint density at radius 2 is 1.88 bits per heavy atom. The molecule has 7 nitrogen and oxygen atoms in total. The summed E-state index contributed by atoms with van der Waals surface area (Å²) in [6.07, 6.45) is 6.94. The molecular weight excluding hydrogens is 330 g/mol. The van der Waals surface area contributed by atoms with Crippen LogP contribution in [0, 0.1) is 0 Å². The van der Waals surface area contributed by atoms with Gasteiger partial charge in [-0.1, -0.05) is 30.3 Å². The maximum Gasteiger partial charge on any atom is 0.291 e. The third-order valence-electron chi connectivity index (χ3n) is 3.84. The summed E-state index contributed by atoms with van der Waals surface area (Å²) in [5.74, 6) is 0.609. The normalized spacial score (nSPS) is 10.8. The minimum absolute atomic E-state index is 0.253. The van der Waals surface area contributed by atoms with E-state index in [0.29, 0.717) is 24.5 Å². The van der Waals surface area contributed by atoms with Crippen LogP contribution in [0.3, 0.4) is 0 Å². The molecule has 3 aromatic heterocycles. The highest BCUT2D eigenvalue weighted by Crippen LogP contribution is 2.13. The molecule has 1 N–H and O–H groups in total. The molecule has 0 bridgehead atoms. The van der Waals surface area contributed by atoms with Crippen LogP contribution in [-0.2, 0) is 13.1 Å². The number of carbonyl (C=O) groups excluding carboxylic acids is 1. The van der Waals surface area contributed by atoms with Crippen LogP contribution in [0.2, 0.25) is 0 Å². The summed E-state index contributed by atoms with van der Waals surface area (Å²) in [5, 5.41) is 11.2. The summed E-state index contributed by atoms with van der Waals surface area (Å²) < 4.78 is 9.10. The van der Waals surface area contributed by atoms with E-state index in [4.69, 9.17) is 4.42 Å². The van der Waals surface area contributed by atoms with Crippen molar-refractivity contribution in [1.29, 1.82) is 0 Å². The predicted octanol–water partition coefficient (Wildman–Crippen LogP) is 3.02. The average molecular weight is 347 g/mol. The maximum absolute atomic E-state index is 12.3. The van der Waals surface area contributed by atoms with E-state index < -0.39 is 0 Å². The number of nitrogens with zero attached hydrogens (tertiary/aromatic N) is 4. The lowest BCUT2D eigenvalue weighted by atomic mass is 10.2. The molecule has 4 rings (SSSR count). The Kier molecular flexibility index (Phi) is 4.34. The van der Waals surface area contributed by atoms with Crippen molar-refractivity contribution < 1.29 is 9.21 Å². The second-order valence-corrected chi connectivity index (χ2v) is 5.84. The third-order valence-corrected chi connectivity index (χ3v) is 3.84. The van der Waals surface area contributed by atoms with Gasteiger partial charge in [0, 0.05) is 18.6 Å². The number of benzene rings is 1. The third kappa shape index (κ3) is 3.72. The highest BCUT2D eigenvalue weighted by molar-refractivity contribution is 6.02. The molecule has 0 fully saturated rings. The number of furan rings is 1. The van der Waals surface area contributed by atoms with Crippen LogP contribution < -0.4 is 5.32 Å². The Balaban J connectivity index is 1.38.